The molecule has 6 rings (SSSR count). The van der Waals surface area contributed by atoms with Gasteiger partial charge in [0.15, 0.2) is 5.82 Å². The highest BCUT2D eigenvalue weighted by Crippen LogP contribution is 2.34. The highest BCUT2D eigenvalue weighted by Gasteiger charge is 2.38. The molecule has 9 nitrogen and oxygen atoms in total. The molecule has 0 atom stereocenters. The van der Waals surface area contributed by atoms with Crippen LogP contribution in [-0.4, -0.2) is 47.0 Å². The third kappa shape index (κ3) is 6.70. The third-order valence-electron chi connectivity index (χ3n) is 6.08. The second-order valence-corrected chi connectivity index (χ2v) is 9.00. The maximum atomic E-state index is 13.1. The fraction of sp³-hybridized carbons (Fsp3) is 0.143. The van der Waals surface area contributed by atoms with Gasteiger partial charge in [-0.15, -0.1) is 0 Å². The number of anilines is 1. The molecule has 1 aliphatic rings. The highest BCUT2D eigenvalue weighted by atomic mass is 19.4. The first-order chi connectivity index (χ1) is 20.4. The Hall–Kier alpha value is -5.52. The van der Waals surface area contributed by atoms with Crippen LogP contribution in [0.2, 0.25) is 0 Å². The number of alkyl halides is 6. The summed E-state index contributed by atoms with van der Waals surface area (Å²) in [5.41, 5.74) is 2.64. The average molecular weight is 597 g/mol. The molecule has 0 amide bonds. The van der Waals surface area contributed by atoms with Crippen LogP contribution in [0.15, 0.2) is 73.2 Å². The van der Waals surface area contributed by atoms with Gasteiger partial charge in [0, 0.05) is 36.9 Å². The Labute approximate surface area is 238 Å². The molecular formula is C28H17F6N7O2. The van der Waals surface area contributed by atoms with E-state index in [9.17, 15) is 26.3 Å². The van der Waals surface area contributed by atoms with E-state index < -0.39 is 23.9 Å². The van der Waals surface area contributed by atoms with Crippen molar-refractivity contribution in [1.29, 1.82) is 0 Å². The molecule has 2 aromatic carbocycles. The number of hydrogen-bond acceptors (Lipinski definition) is 7. The number of nitrogens with zero attached hydrogens (tertiary/aromatic N) is 7. The maximum absolute atomic E-state index is 13.1. The lowest BCUT2D eigenvalue weighted by atomic mass is 10.1. The summed E-state index contributed by atoms with van der Waals surface area (Å²) in [6.07, 6.45) is -4.54. The number of fused-ring (bicyclic) bond motifs is 2. The van der Waals surface area contributed by atoms with Crippen molar-refractivity contribution in [2.24, 2.45) is 0 Å². The number of aliphatic carboxylic acids is 1. The van der Waals surface area contributed by atoms with E-state index in [1.165, 1.54) is 12.1 Å². The highest BCUT2D eigenvalue weighted by molar-refractivity contribution is 5.79. The van der Waals surface area contributed by atoms with Crippen molar-refractivity contribution in [1.82, 2.24) is 29.7 Å². The largest absolute Gasteiger partial charge is 0.490 e. The molecule has 0 radical (unpaired) electrons. The van der Waals surface area contributed by atoms with Gasteiger partial charge in [0.05, 0.1) is 17.3 Å². The minimum atomic E-state index is -5.08. The Morgan fingerprint density at radius 1 is 0.884 bits per heavy atom. The summed E-state index contributed by atoms with van der Waals surface area (Å²) in [5, 5.41) is 12.4. The zero-order chi connectivity index (χ0) is 30.8. The van der Waals surface area contributed by atoms with Crippen molar-refractivity contribution in [3.8, 4) is 23.5 Å². The Morgan fingerprint density at radius 2 is 1.60 bits per heavy atom. The molecule has 0 bridgehead atoms. The number of hydrogen-bond donors (Lipinski definition) is 1. The lowest BCUT2D eigenvalue weighted by Gasteiger charge is -2.15. The van der Waals surface area contributed by atoms with Crippen LogP contribution in [0, 0.1) is 12.0 Å². The van der Waals surface area contributed by atoms with Crippen LogP contribution in [0.3, 0.4) is 0 Å². The van der Waals surface area contributed by atoms with Crippen LogP contribution in [0.1, 0.15) is 22.4 Å². The van der Waals surface area contributed by atoms with Gasteiger partial charge in [-0.3, -0.25) is 0 Å². The summed E-state index contributed by atoms with van der Waals surface area (Å²) in [6.45, 7) is 0.702. The molecule has 218 valence electrons. The summed E-state index contributed by atoms with van der Waals surface area (Å²) in [5.74, 6) is 1.00. The van der Waals surface area contributed by atoms with Crippen molar-refractivity contribution >= 4 is 22.8 Å². The topological polar surface area (TPSA) is 110 Å². The van der Waals surface area contributed by atoms with Crippen LogP contribution >= 0.6 is 0 Å². The third-order valence-corrected chi connectivity index (χ3v) is 6.08. The summed E-state index contributed by atoms with van der Waals surface area (Å²) in [7, 11) is 0. The molecule has 1 N–H and O–H groups in total. The molecule has 15 heteroatoms. The van der Waals surface area contributed by atoms with E-state index in [1.807, 2.05) is 29.2 Å². The van der Waals surface area contributed by atoms with Crippen molar-refractivity contribution in [3.63, 3.8) is 0 Å². The summed E-state index contributed by atoms with van der Waals surface area (Å²) < 4.78 is 72.6. The molecule has 0 fully saturated rings. The van der Waals surface area contributed by atoms with Gasteiger partial charge in [0.1, 0.15) is 11.4 Å². The molecule has 0 unspecified atom stereocenters. The Kier molecular flexibility index (Phi) is 7.68. The number of para-hydroxylation sites is 1. The second-order valence-electron chi connectivity index (χ2n) is 9.00. The normalized spacial score (nSPS) is 12.7. The van der Waals surface area contributed by atoms with Gasteiger partial charge < -0.3 is 10.0 Å². The first kappa shape index (κ1) is 29.0. The van der Waals surface area contributed by atoms with Crippen LogP contribution in [0.4, 0.5) is 32.3 Å². The molecule has 43 heavy (non-hydrogen) atoms. The number of rotatable bonds is 2. The number of aromatic nitrogens is 6. The number of carboxylic acid groups (broad SMARTS) is 1. The fourth-order valence-electron chi connectivity index (χ4n) is 4.06. The van der Waals surface area contributed by atoms with E-state index in [1.54, 1.807) is 35.4 Å². The summed E-state index contributed by atoms with van der Waals surface area (Å²) in [4.78, 5) is 28.4. The van der Waals surface area contributed by atoms with Crippen molar-refractivity contribution < 1.29 is 36.2 Å². The number of halogens is 6. The monoisotopic (exact) mass is 597 g/mol. The SMILES string of the molecule is FC(F)(F)c1ccc2c(c1)CN(c1nccc(-c3nccc(C#Cn4ncc5ccccc54)n3)n1)C2.O=C(O)C(F)(F)F. The minimum absolute atomic E-state index is 0.285. The molecule has 0 saturated heterocycles. The number of benzene rings is 2. The van der Waals surface area contributed by atoms with E-state index in [0.29, 0.717) is 35.3 Å². The van der Waals surface area contributed by atoms with Gasteiger partial charge in [0.25, 0.3) is 0 Å². The average Bonchev–Trinajstić information content (AvgIpc) is 3.60. The van der Waals surface area contributed by atoms with E-state index in [-0.39, 0.29) is 6.54 Å². The smallest absolute Gasteiger partial charge is 0.475 e. The van der Waals surface area contributed by atoms with Crippen LogP contribution < -0.4 is 4.90 Å². The predicted octanol–water partition coefficient (Wildman–Crippen LogP) is 5.31. The lowest BCUT2D eigenvalue weighted by molar-refractivity contribution is -0.192. The van der Waals surface area contributed by atoms with Crippen LogP contribution in [-0.2, 0) is 24.1 Å². The van der Waals surface area contributed by atoms with E-state index in [2.05, 4.69) is 37.0 Å². The number of carbonyl (C=O) groups is 1. The molecule has 0 saturated carbocycles. The van der Waals surface area contributed by atoms with Gasteiger partial charge in [-0.25, -0.2) is 24.7 Å². The number of carboxylic acids is 1. The van der Waals surface area contributed by atoms with E-state index in [0.717, 1.165) is 22.5 Å². The van der Waals surface area contributed by atoms with Gasteiger partial charge in [0.2, 0.25) is 5.95 Å². The maximum Gasteiger partial charge on any atom is 0.490 e. The molecule has 3 aromatic heterocycles. The molecule has 5 aromatic rings. The first-order valence-corrected chi connectivity index (χ1v) is 12.2. The fourth-order valence-corrected chi connectivity index (χ4v) is 4.06. The van der Waals surface area contributed by atoms with Gasteiger partial charge >= 0.3 is 18.3 Å². The van der Waals surface area contributed by atoms with Crippen molar-refractivity contribution in [2.75, 3.05) is 4.90 Å². The molecule has 0 aliphatic carbocycles. The minimum Gasteiger partial charge on any atom is -0.475 e. The van der Waals surface area contributed by atoms with Crippen molar-refractivity contribution in [2.45, 2.75) is 25.4 Å². The zero-order valence-corrected chi connectivity index (χ0v) is 21.6. The standard InChI is InChI=1S/C26H16F3N7.C2HF3O2/c27-26(28,29)20-6-5-18-15-35(16-19(18)13-20)25-31-11-8-22(34-25)24-30-10-7-21(33-24)9-12-36-23-4-2-1-3-17(23)14-32-36;3-2(4,5)1(6)7/h1-8,10-11,13-14H,15-16H2;(H,6,7). The zero-order valence-electron chi connectivity index (χ0n) is 21.6. The molecule has 4 heterocycles. The van der Waals surface area contributed by atoms with Gasteiger partial charge in [-0.1, -0.05) is 24.3 Å². The first-order valence-electron chi connectivity index (χ1n) is 12.2. The van der Waals surface area contributed by atoms with Crippen molar-refractivity contribution in [3.05, 3.63) is 95.6 Å². The van der Waals surface area contributed by atoms with E-state index in [4.69, 9.17) is 9.90 Å². The Bertz CT molecular complexity index is 1880. The summed E-state index contributed by atoms with van der Waals surface area (Å²) >= 11 is 0. The van der Waals surface area contributed by atoms with Crippen LogP contribution in [0.25, 0.3) is 22.4 Å². The lowest BCUT2D eigenvalue weighted by Crippen LogP contribution is -2.21. The van der Waals surface area contributed by atoms with Gasteiger partial charge in [-0.2, -0.15) is 36.1 Å². The molecule has 1 aliphatic heterocycles. The predicted molar refractivity (Wildman–Crippen MR) is 140 cm³/mol. The Balaban J connectivity index is 0.000000472. The quantitative estimate of drug-likeness (QED) is 0.215. The van der Waals surface area contributed by atoms with E-state index >= 15 is 0 Å². The van der Waals surface area contributed by atoms with Gasteiger partial charge in [-0.05, 0) is 47.4 Å². The van der Waals surface area contributed by atoms with Crippen LogP contribution in [0.5, 0.6) is 0 Å². The molecular weight excluding hydrogens is 580 g/mol. The summed E-state index contributed by atoms with van der Waals surface area (Å²) in [6, 6.07) is 17.9. The molecule has 0 spiro atoms. The second kappa shape index (κ2) is 11.4. The Morgan fingerprint density at radius 3 is 2.35 bits per heavy atom.